The third-order valence-electron chi connectivity index (χ3n) is 4.54. The maximum absolute atomic E-state index is 12.6. The quantitative estimate of drug-likeness (QED) is 0.751. The van der Waals surface area contributed by atoms with Crippen LogP contribution < -0.4 is 4.74 Å². The van der Waals surface area contributed by atoms with Crippen LogP contribution in [0, 0.1) is 5.92 Å². The first-order valence-corrected chi connectivity index (χ1v) is 8.63. The zero-order valence-electron chi connectivity index (χ0n) is 14.8. The first-order valence-electron chi connectivity index (χ1n) is 8.63. The van der Waals surface area contributed by atoms with Gasteiger partial charge in [0.15, 0.2) is 0 Å². The molecule has 2 unspecified atom stereocenters. The number of carbonyl (C=O) groups excluding carboxylic acids is 2. The van der Waals surface area contributed by atoms with Crippen LogP contribution in [0.4, 0.5) is 0 Å². The van der Waals surface area contributed by atoms with Gasteiger partial charge in [0.05, 0.1) is 19.6 Å². The van der Waals surface area contributed by atoms with Crippen molar-refractivity contribution in [2.75, 3.05) is 26.8 Å². The Bertz CT molecular complexity index is 572. The molecule has 132 valence electrons. The summed E-state index contributed by atoms with van der Waals surface area (Å²) >= 11 is 0. The van der Waals surface area contributed by atoms with Gasteiger partial charge in [-0.15, -0.1) is 0 Å². The number of carbonyl (C=O) groups is 2. The number of amides is 1. The van der Waals surface area contributed by atoms with Crippen molar-refractivity contribution in [3.05, 3.63) is 29.8 Å². The van der Waals surface area contributed by atoms with Gasteiger partial charge in [-0.2, -0.15) is 0 Å². The van der Waals surface area contributed by atoms with E-state index in [4.69, 9.17) is 9.47 Å². The summed E-state index contributed by atoms with van der Waals surface area (Å²) in [7, 11) is 1.64. The van der Waals surface area contributed by atoms with Crippen molar-refractivity contribution in [2.45, 2.75) is 39.0 Å². The van der Waals surface area contributed by atoms with Gasteiger partial charge in [0.25, 0.3) is 0 Å². The largest absolute Gasteiger partial charge is 0.497 e. The molecule has 0 aromatic heterocycles. The van der Waals surface area contributed by atoms with E-state index in [9.17, 15) is 9.59 Å². The monoisotopic (exact) mass is 333 g/mol. The number of likely N-dealkylation sites (tertiary alicyclic amines) is 1. The van der Waals surface area contributed by atoms with Gasteiger partial charge in [-0.05, 0) is 43.4 Å². The normalized spacial score (nSPS) is 18.8. The van der Waals surface area contributed by atoms with E-state index in [-0.39, 0.29) is 23.7 Å². The third kappa shape index (κ3) is 4.73. The fourth-order valence-corrected chi connectivity index (χ4v) is 3.11. The standard InChI is InChI=1S/C19H27NO4/c1-4-24-19(22)16-8-6-10-20(13-16)18(21)11-14(2)15-7-5-9-17(12-15)23-3/h5,7,9,12,14,16H,4,6,8,10-11,13H2,1-3H3. The average Bonchev–Trinajstić information content (AvgIpc) is 2.62. The second kappa shape index (κ2) is 8.71. The van der Waals surface area contributed by atoms with Gasteiger partial charge in [0, 0.05) is 19.5 Å². The highest BCUT2D eigenvalue weighted by molar-refractivity contribution is 5.79. The van der Waals surface area contributed by atoms with Crippen LogP contribution in [0.15, 0.2) is 24.3 Å². The molecule has 1 amide bonds. The molecule has 1 aliphatic heterocycles. The fourth-order valence-electron chi connectivity index (χ4n) is 3.11. The van der Waals surface area contributed by atoms with E-state index in [1.54, 1.807) is 14.0 Å². The van der Waals surface area contributed by atoms with Gasteiger partial charge in [-0.3, -0.25) is 9.59 Å². The molecule has 1 fully saturated rings. The Labute approximate surface area is 143 Å². The van der Waals surface area contributed by atoms with Crippen molar-refractivity contribution in [2.24, 2.45) is 5.92 Å². The summed E-state index contributed by atoms with van der Waals surface area (Å²) in [5.41, 5.74) is 1.08. The van der Waals surface area contributed by atoms with Gasteiger partial charge < -0.3 is 14.4 Å². The second-order valence-corrected chi connectivity index (χ2v) is 6.31. The maximum Gasteiger partial charge on any atom is 0.310 e. The van der Waals surface area contributed by atoms with E-state index in [1.807, 2.05) is 36.1 Å². The van der Waals surface area contributed by atoms with Crippen molar-refractivity contribution in [1.82, 2.24) is 4.90 Å². The molecule has 1 aromatic rings. The molecule has 1 saturated heterocycles. The van der Waals surface area contributed by atoms with Crippen LogP contribution in [0.3, 0.4) is 0 Å². The molecule has 0 aliphatic carbocycles. The Morgan fingerprint density at radius 3 is 2.88 bits per heavy atom. The Morgan fingerprint density at radius 2 is 2.17 bits per heavy atom. The predicted molar refractivity (Wildman–Crippen MR) is 92.0 cm³/mol. The van der Waals surface area contributed by atoms with Crippen LogP contribution in [0.25, 0.3) is 0 Å². The van der Waals surface area contributed by atoms with Crippen molar-refractivity contribution in [3.8, 4) is 5.75 Å². The van der Waals surface area contributed by atoms with Gasteiger partial charge >= 0.3 is 5.97 Å². The topological polar surface area (TPSA) is 55.8 Å². The number of methoxy groups -OCH3 is 1. The Morgan fingerprint density at radius 1 is 1.38 bits per heavy atom. The molecule has 1 heterocycles. The van der Waals surface area contributed by atoms with Crippen molar-refractivity contribution >= 4 is 11.9 Å². The van der Waals surface area contributed by atoms with Crippen LogP contribution >= 0.6 is 0 Å². The average molecular weight is 333 g/mol. The Kier molecular flexibility index (Phi) is 6.64. The summed E-state index contributed by atoms with van der Waals surface area (Å²) in [6.07, 6.45) is 2.08. The van der Waals surface area contributed by atoms with Gasteiger partial charge in [0.1, 0.15) is 5.75 Å². The Balaban J connectivity index is 1.94. The van der Waals surface area contributed by atoms with E-state index in [0.717, 1.165) is 30.7 Å². The van der Waals surface area contributed by atoms with Crippen LogP contribution in [-0.2, 0) is 14.3 Å². The number of benzene rings is 1. The number of ether oxygens (including phenoxy) is 2. The number of nitrogens with zero attached hydrogens (tertiary/aromatic N) is 1. The number of rotatable bonds is 6. The van der Waals surface area contributed by atoms with E-state index in [1.165, 1.54) is 0 Å². The molecule has 1 aliphatic rings. The summed E-state index contributed by atoms with van der Waals surface area (Å²) < 4.78 is 10.3. The van der Waals surface area contributed by atoms with E-state index >= 15 is 0 Å². The number of hydrogen-bond acceptors (Lipinski definition) is 4. The molecule has 0 spiro atoms. The molecular formula is C19H27NO4. The molecule has 2 rings (SSSR count). The summed E-state index contributed by atoms with van der Waals surface area (Å²) in [6, 6.07) is 7.81. The SMILES string of the molecule is CCOC(=O)C1CCCN(C(=O)CC(C)c2cccc(OC)c2)C1. The molecule has 24 heavy (non-hydrogen) atoms. The lowest BCUT2D eigenvalue weighted by atomic mass is 9.94. The highest BCUT2D eigenvalue weighted by Gasteiger charge is 2.29. The zero-order valence-corrected chi connectivity index (χ0v) is 14.8. The molecule has 2 atom stereocenters. The summed E-state index contributed by atoms with van der Waals surface area (Å²) in [6.45, 7) is 5.43. The van der Waals surface area contributed by atoms with E-state index in [0.29, 0.717) is 19.6 Å². The number of piperidine rings is 1. The second-order valence-electron chi connectivity index (χ2n) is 6.31. The Hall–Kier alpha value is -2.04. The minimum absolute atomic E-state index is 0.0966. The van der Waals surface area contributed by atoms with Gasteiger partial charge in [-0.1, -0.05) is 19.1 Å². The predicted octanol–water partition coefficient (Wildman–Crippen LogP) is 2.99. The molecule has 0 N–H and O–H groups in total. The molecular weight excluding hydrogens is 306 g/mol. The molecule has 0 saturated carbocycles. The zero-order chi connectivity index (χ0) is 17.5. The van der Waals surface area contributed by atoms with Crippen LogP contribution in [0.5, 0.6) is 5.75 Å². The van der Waals surface area contributed by atoms with Crippen molar-refractivity contribution < 1.29 is 19.1 Å². The first-order chi connectivity index (χ1) is 11.5. The van der Waals surface area contributed by atoms with Crippen LogP contribution in [0.1, 0.15) is 44.6 Å². The van der Waals surface area contributed by atoms with Gasteiger partial charge in [-0.25, -0.2) is 0 Å². The smallest absolute Gasteiger partial charge is 0.310 e. The lowest BCUT2D eigenvalue weighted by Crippen LogP contribution is -2.43. The van der Waals surface area contributed by atoms with Crippen molar-refractivity contribution in [3.63, 3.8) is 0 Å². The van der Waals surface area contributed by atoms with Crippen LogP contribution in [-0.4, -0.2) is 43.6 Å². The van der Waals surface area contributed by atoms with E-state index in [2.05, 4.69) is 0 Å². The van der Waals surface area contributed by atoms with E-state index < -0.39 is 0 Å². The maximum atomic E-state index is 12.6. The molecule has 0 bridgehead atoms. The highest BCUT2D eigenvalue weighted by atomic mass is 16.5. The minimum atomic E-state index is -0.185. The minimum Gasteiger partial charge on any atom is -0.497 e. The molecule has 5 nitrogen and oxygen atoms in total. The number of esters is 1. The van der Waals surface area contributed by atoms with Gasteiger partial charge in [0.2, 0.25) is 5.91 Å². The van der Waals surface area contributed by atoms with Crippen molar-refractivity contribution in [1.29, 1.82) is 0 Å². The molecule has 0 radical (unpaired) electrons. The fraction of sp³-hybridized carbons (Fsp3) is 0.579. The summed E-state index contributed by atoms with van der Waals surface area (Å²) in [5, 5.41) is 0. The highest BCUT2D eigenvalue weighted by Crippen LogP contribution is 2.25. The lowest BCUT2D eigenvalue weighted by Gasteiger charge is -2.32. The summed E-state index contributed by atoms with van der Waals surface area (Å²) in [5.74, 6) is 0.632. The lowest BCUT2D eigenvalue weighted by molar-refractivity contribution is -0.151. The number of hydrogen-bond donors (Lipinski definition) is 0. The third-order valence-corrected chi connectivity index (χ3v) is 4.54. The van der Waals surface area contributed by atoms with Crippen LogP contribution in [0.2, 0.25) is 0 Å². The molecule has 5 heteroatoms. The summed E-state index contributed by atoms with van der Waals surface area (Å²) in [4.78, 5) is 26.3. The molecule has 1 aromatic carbocycles. The first kappa shape index (κ1) is 18.3.